The van der Waals surface area contributed by atoms with E-state index in [-0.39, 0.29) is 0 Å². The zero-order chi connectivity index (χ0) is 7.40. The Morgan fingerprint density at radius 3 is 3.00 bits per heavy atom. The Bertz CT molecular complexity index is 190. The fourth-order valence-corrected chi connectivity index (χ4v) is 0.761. The monoisotopic (exact) mass is 138 g/mol. The fourth-order valence-electron chi connectivity index (χ4n) is 0.761. The highest BCUT2D eigenvalue weighted by Crippen LogP contribution is 2.13. The van der Waals surface area contributed by atoms with Gasteiger partial charge in [0.25, 0.3) is 0 Å². The second-order valence-electron chi connectivity index (χ2n) is 1.89. The number of nitrogens with two attached hydrogens (primary N) is 1. The molecule has 0 bridgehead atoms. The number of hydrogen-bond donors (Lipinski definition) is 1. The molecule has 0 aliphatic carbocycles. The first-order valence-electron chi connectivity index (χ1n) is 3.05. The van der Waals surface area contributed by atoms with Gasteiger partial charge in [0, 0.05) is 18.3 Å². The van der Waals surface area contributed by atoms with Crippen LogP contribution in [0.1, 0.15) is 5.56 Å². The van der Waals surface area contributed by atoms with Crippen molar-refractivity contribution in [2.24, 2.45) is 5.73 Å². The maximum absolute atomic E-state index is 5.42. The van der Waals surface area contributed by atoms with Crippen LogP contribution < -0.4 is 10.5 Å². The number of rotatable bonds is 2. The van der Waals surface area contributed by atoms with Gasteiger partial charge in [0.1, 0.15) is 5.75 Å². The average Bonchev–Trinajstić information content (AvgIpc) is 2.04. The van der Waals surface area contributed by atoms with Gasteiger partial charge in [-0.3, -0.25) is 4.98 Å². The molecule has 0 spiro atoms. The first kappa shape index (κ1) is 7.02. The molecule has 1 aromatic rings. The third-order valence-electron chi connectivity index (χ3n) is 1.31. The molecule has 3 heteroatoms. The molecule has 0 saturated carbocycles. The molecule has 0 amide bonds. The van der Waals surface area contributed by atoms with Crippen molar-refractivity contribution in [3.8, 4) is 5.75 Å². The first-order valence-corrected chi connectivity index (χ1v) is 3.05. The van der Waals surface area contributed by atoms with E-state index < -0.39 is 0 Å². The van der Waals surface area contributed by atoms with Crippen LogP contribution in [0.2, 0.25) is 0 Å². The largest absolute Gasteiger partial charge is 0.495 e. The number of methoxy groups -OCH3 is 1. The molecule has 1 aromatic heterocycles. The number of aromatic nitrogens is 1. The molecule has 0 aliphatic heterocycles. The summed E-state index contributed by atoms with van der Waals surface area (Å²) in [6.45, 7) is 0.492. The van der Waals surface area contributed by atoms with Crippen LogP contribution in [0.25, 0.3) is 0 Å². The van der Waals surface area contributed by atoms with Crippen LogP contribution >= 0.6 is 0 Å². The lowest BCUT2D eigenvalue weighted by atomic mass is 10.2. The Morgan fingerprint density at radius 1 is 1.70 bits per heavy atom. The van der Waals surface area contributed by atoms with Gasteiger partial charge >= 0.3 is 0 Å². The summed E-state index contributed by atoms with van der Waals surface area (Å²) in [6.07, 6.45) is 3.35. The van der Waals surface area contributed by atoms with Crippen LogP contribution in [0.5, 0.6) is 5.75 Å². The fraction of sp³-hybridized carbons (Fsp3) is 0.286. The van der Waals surface area contributed by atoms with E-state index in [4.69, 9.17) is 10.5 Å². The van der Waals surface area contributed by atoms with Crippen LogP contribution in [0, 0.1) is 0 Å². The average molecular weight is 138 g/mol. The van der Waals surface area contributed by atoms with Gasteiger partial charge in [-0.15, -0.1) is 0 Å². The number of hydrogen-bond acceptors (Lipinski definition) is 3. The SMILES string of the molecule is COc1cnccc1CN. The molecule has 10 heavy (non-hydrogen) atoms. The summed E-state index contributed by atoms with van der Waals surface area (Å²) < 4.78 is 4.99. The van der Waals surface area contributed by atoms with Crippen molar-refractivity contribution in [1.82, 2.24) is 4.98 Å². The van der Waals surface area contributed by atoms with Crippen molar-refractivity contribution in [2.45, 2.75) is 6.54 Å². The predicted octanol–water partition coefficient (Wildman–Crippen LogP) is 0.549. The second kappa shape index (κ2) is 3.17. The quantitative estimate of drug-likeness (QED) is 0.649. The van der Waals surface area contributed by atoms with E-state index in [2.05, 4.69) is 4.98 Å². The van der Waals surface area contributed by atoms with Crippen LogP contribution in [-0.2, 0) is 6.54 Å². The van der Waals surface area contributed by atoms with Crippen LogP contribution in [0.15, 0.2) is 18.5 Å². The Balaban J connectivity index is 2.96. The van der Waals surface area contributed by atoms with Crippen LogP contribution in [-0.4, -0.2) is 12.1 Å². The van der Waals surface area contributed by atoms with E-state index in [1.807, 2.05) is 6.07 Å². The topological polar surface area (TPSA) is 48.1 Å². The van der Waals surface area contributed by atoms with Crippen LogP contribution in [0.3, 0.4) is 0 Å². The highest BCUT2D eigenvalue weighted by molar-refractivity contribution is 5.29. The summed E-state index contributed by atoms with van der Waals surface area (Å²) in [4.78, 5) is 3.88. The highest BCUT2D eigenvalue weighted by Gasteiger charge is 1.96. The molecule has 1 heterocycles. The molecule has 1 rings (SSSR count). The van der Waals surface area contributed by atoms with Gasteiger partial charge in [0.2, 0.25) is 0 Å². The van der Waals surface area contributed by atoms with Gasteiger partial charge in [-0.05, 0) is 6.07 Å². The summed E-state index contributed by atoms with van der Waals surface area (Å²) >= 11 is 0. The van der Waals surface area contributed by atoms with Crippen molar-refractivity contribution >= 4 is 0 Å². The Kier molecular flexibility index (Phi) is 2.23. The van der Waals surface area contributed by atoms with Crippen molar-refractivity contribution in [1.29, 1.82) is 0 Å². The number of ether oxygens (including phenoxy) is 1. The maximum atomic E-state index is 5.42. The summed E-state index contributed by atoms with van der Waals surface area (Å²) in [7, 11) is 1.61. The molecule has 0 aliphatic rings. The van der Waals surface area contributed by atoms with E-state index in [1.54, 1.807) is 19.5 Å². The zero-order valence-corrected chi connectivity index (χ0v) is 5.87. The summed E-state index contributed by atoms with van der Waals surface area (Å²) in [5.41, 5.74) is 6.40. The van der Waals surface area contributed by atoms with Gasteiger partial charge in [-0.2, -0.15) is 0 Å². The standard InChI is InChI=1S/C7H10N2O/c1-10-7-5-9-3-2-6(7)4-8/h2-3,5H,4,8H2,1H3. The Morgan fingerprint density at radius 2 is 2.50 bits per heavy atom. The van der Waals surface area contributed by atoms with Crippen LogP contribution in [0.4, 0.5) is 0 Å². The lowest BCUT2D eigenvalue weighted by molar-refractivity contribution is 0.408. The minimum atomic E-state index is 0.492. The van der Waals surface area contributed by atoms with Gasteiger partial charge in [0.05, 0.1) is 13.3 Å². The molecule has 0 fully saturated rings. The Hall–Kier alpha value is -1.09. The van der Waals surface area contributed by atoms with E-state index >= 15 is 0 Å². The van der Waals surface area contributed by atoms with E-state index in [0.717, 1.165) is 11.3 Å². The minimum absolute atomic E-state index is 0.492. The van der Waals surface area contributed by atoms with E-state index in [1.165, 1.54) is 0 Å². The molecular formula is C7H10N2O. The lowest BCUT2D eigenvalue weighted by Gasteiger charge is -2.02. The minimum Gasteiger partial charge on any atom is -0.495 e. The first-order chi connectivity index (χ1) is 4.88. The molecule has 0 atom stereocenters. The van der Waals surface area contributed by atoms with Gasteiger partial charge in [-0.1, -0.05) is 0 Å². The van der Waals surface area contributed by atoms with Gasteiger partial charge < -0.3 is 10.5 Å². The van der Waals surface area contributed by atoms with Gasteiger partial charge in [-0.25, -0.2) is 0 Å². The van der Waals surface area contributed by atoms with Crippen molar-refractivity contribution in [2.75, 3.05) is 7.11 Å². The van der Waals surface area contributed by atoms with E-state index in [9.17, 15) is 0 Å². The van der Waals surface area contributed by atoms with E-state index in [0.29, 0.717) is 6.54 Å². The second-order valence-corrected chi connectivity index (χ2v) is 1.89. The molecule has 0 aromatic carbocycles. The summed E-state index contributed by atoms with van der Waals surface area (Å²) in [5, 5.41) is 0. The molecule has 0 radical (unpaired) electrons. The Labute approximate surface area is 59.8 Å². The third kappa shape index (κ3) is 1.25. The summed E-state index contributed by atoms with van der Waals surface area (Å²) in [5.74, 6) is 0.755. The molecule has 3 nitrogen and oxygen atoms in total. The number of pyridine rings is 1. The maximum Gasteiger partial charge on any atom is 0.141 e. The smallest absolute Gasteiger partial charge is 0.141 e. The van der Waals surface area contributed by atoms with Crippen molar-refractivity contribution in [3.63, 3.8) is 0 Å². The lowest BCUT2D eigenvalue weighted by Crippen LogP contribution is -1.99. The molecular weight excluding hydrogens is 128 g/mol. The number of nitrogens with zero attached hydrogens (tertiary/aromatic N) is 1. The highest BCUT2D eigenvalue weighted by atomic mass is 16.5. The predicted molar refractivity (Wildman–Crippen MR) is 38.7 cm³/mol. The normalized spacial score (nSPS) is 9.40. The third-order valence-corrected chi connectivity index (χ3v) is 1.31. The summed E-state index contributed by atoms with van der Waals surface area (Å²) in [6, 6.07) is 1.85. The molecule has 2 N–H and O–H groups in total. The molecule has 54 valence electrons. The van der Waals surface area contributed by atoms with Crippen molar-refractivity contribution in [3.05, 3.63) is 24.0 Å². The van der Waals surface area contributed by atoms with Gasteiger partial charge in [0.15, 0.2) is 0 Å². The molecule has 0 unspecified atom stereocenters. The molecule has 0 saturated heterocycles. The zero-order valence-electron chi connectivity index (χ0n) is 5.87. The van der Waals surface area contributed by atoms with Crippen molar-refractivity contribution < 1.29 is 4.74 Å².